The van der Waals surface area contributed by atoms with Gasteiger partial charge in [0.1, 0.15) is 0 Å². The van der Waals surface area contributed by atoms with Gasteiger partial charge in [0, 0.05) is 23.5 Å². The van der Waals surface area contributed by atoms with Crippen molar-refractivity contribution in [3.05, 3.63) is 59.7 Å². The third-order valence-electron chi connectivity index (χ3n) is 2.90. The Kier molecular flexibility index (Phi) is 4.18. The van der Waals surface area contributed by atoms with Gasteiger partial charge in [0.05, 0.1) is 0 Å². The summed E-state index contributed by atoms with van der Waals surface area (Å²) in [6.45, 7) is 4.90. The number of amides is 1. The van der Waals surface area contributed by atoms with Gasteiger partial charge in [-0.1, -0.05) is 24.3 Å². The predicted molar refractivity (Wildman–Crippen MR) is 79.7 cm³/mol. The first kappa shape index (κ1) is 13.1. The van der Waals surface area contributed by atoms with E-state index in [1.54, 1.807) is 0 Å². The Labute approximate surface area is 113 Å². The van der Waals surface area contributed by atoms with Crippen molar-refractivity contribution in [1.82, 2.24) is 0 Å². The van der Waals surface area contributed by atoms with E-state index in [1.165, 1.54) is 0 Å². The molecule has 3 heteroatoms. The molecule has 0 bridgehead atoms. The van der Waals surface area contributed by atoms with Gasteiger partial charge in [0.2, 0.25) is 0 Å². The van der Waals surface area contributed by atoms with Crippen LogP contribution in [0.15, 0.2) is 48.5 Å². The molecule has 0 aliphatic rings. The second-order valence-electron chi connectivity index (χ2n) is 4.38. The maximum Gasteiger partial charge on any atom is 0.255 e. The second kappa shape index (κ2) is 6.05. The number of aryl methyl sites for hydroxylation is 1. The van der Waals surface area contributed by atoms with Crippen LogP contribution in [0.4, 0.5) is 11.4 Å². The van der Waals surface area contributed by atoms with Crippen molar-refractivity contribution in [3.8, 4) is 0 Å². The Balaban J connectivity index is 2.17. The third-order valence-corrected chi connectivity index (χ3v) is 2.90. The molecule has 2 N–H and O–H groups in total. The lowest BCUT2D eigenvalue weighted by Crippen LogP contribution is -2.12. The summed E-state index contributed by atoms with van der Waals surface area (Å²) >= 11 is 0. The van der Waals surface area contributed by atoms with Gasteiger partial charge in [-0.3, -0.25) is 4.79 Å². The molecule has 98 valence electrons. The molecule has 0 heterocycles. The standard InChI is InChI=1S/C16H18N2O/c1-3-17-15-11-13(10-9-12(15)2)16(19)18-14-7-5-4-6-8-14/h4-11,17H,3H2,1-2H3,(H,18,19). The van der Waals surface area contributed by atoms with Crippen LogP contribution in [0, 0.1) is 6.92 Å². The Morgan fingerprint density at radius 2 is 1.84 bits per heavy atom. The van der Waals surface area contributed by atoms with E-state index in [-0.39, 0.29) is 5.91 Å². The number of carbonyl (C=O) groups is 1. The third kappa shape index (κ3) is 3.35. The number of para-hydroxylation sites is 1. The van der Waals surface area contributed by atoms with Crippen LogP contribution in [0.25, 0.3) is 0 Å². The number of anilines is 2. The molecule has 3 nitrogen and oxygen atoms in total. The fraction of sp³-hybridized carbons (Fsp3) is 0.188. The highest BCUT2D eigenvalue weighted by Gasteiger charge is 2.08. The Morgan fingerprint density at radius 3 is 2.53 bits per heavy atom. The molecule has 0 aliphatic carbocycles. The topological polar surface area (TPSA) is 41.1 Å². The number of carbonyl (C=O) groups excluding carboxylic acids is 1. The molecule has 2 aromatic rings. The van der Waals surface area contributed by atoms with Gasteiger partial charge < -0.3 is 10.6 Å². The van der Waals surface area contributed by atoms with Gasteiger partial charge in [-0.25, -0.2) is 0 Å². The minimum absolute atomic E-state index is 0.0923. The molecule has 1 amide bonds. The van der Waals surface area contributed by atoms with Crippen LogP contribution >= 0.6 is 0 Å². The molecule has 19 heavy (non-hydrogen) atoms. The van der Waals surface area contributed by atoms with Gasteiger partial charge in [-0.05, 0) is 43.7 Å². The molecule has 2 aromatic carbocycles. The van der Waals surface area contributed by atoms with Gasteiger partial charge in [-0.2, -0.15) is 0 Å². The first-order valence-corrected chi connectivity index (χ1v) is 6.41. The van der Waals surface area contributed by atoms with E-state index in [0.29, 0.717) is 5.56 Å². The predicted octanol–water partition coefficient (Wildman–Crippen LogP) is 3.68. The molecular formula is C16H18N2O. The molecule has 0 aliphatic heterocycles. The minimum Gasteiger partial charge on any atom is -0.385 e. The van der Waals surface area contributed by atoms with E-state index < -0.39 is 0 Å². The summed E-state index contributed by atoms with van der Waals surface area (Å²) in [6, 6.07) is 15.1. The van der Waals surface area contributed by atoms with E-state index in [2.05, 4.69) is 10.6 Å². The maximum atomic E-state index is 12.1. The first-order chi connectivity index (χ1) is 9.20. The molecule has 0 saturated carbocycles. The zero-order valence-electron chi connectivity index (χ0n) is 11.2. The van der Waals surface area contributed by atoms with Crippen molar-refractivity contribution < 1.29 is 4.79 Å². The molecule has 0 fully saturated rings. The van der Waals surface area contributed by atoms with Crippen molar-refractivity contribution in [3.63, 3.8) is 0 Å². The quantitative estimate of drug-likeness (QED) is 0.873. The highest BCUT2D eigenvalue weighted by atomic mass is 16.1. The Morgan fingerprint density at radius 1 is 1.11 bits per heavy atom. The normalized spacial score (nSPS) is 10.0. The zero-order valence-corrected chi connectivity index (χ0v) is 11.2. The van der Waals surface area contributed by atoms with Crippen LogP contribution in [-0.2, 0) is 0 Å². The molecular weight excluding hydrogens is 236 g/mol. The summed E-state index contributed by atoms with van der Waals surface area (Å²) in [6.07, 6.45) is 0. The van der Waals surface area contributed by atoms with Crippen LogP contribution in [0.3, 0.4) is 0 Å². The lowest BCUT2D eigenvalue weighted by Gasteiger charge is -2.10. The largest absolute Gasteiger partial charge is 0.385 e. The van der Waals surface area contributed by atoms with Crippen LogP contribution in [0.2, 0.25) is 0 Å². The van der Waals surface area contributed by atoms with Crippen molar-refractivity contribution in [2.75, 3.05) is 17.2 Å². The van der Waals surface area contributed by atoms with Crippen LogP contribution in [0.1, 0.15) is 22.8 Å². The first-order valence-electron chi connectivity index (χ1n) is 6.41. The van der Waals surface area contributed by atoms with Gasteiger partial charge >= 0.3 is 0 Å². The summed E-state index contributed by atoms with van der Waals surface area (Å²) in [4.78, 5) is 12.1. The fourth-order valence-electron chi connectivity index (χ4n) is 1.87. The number of hydrogen-bond donors (Lipinski definition) is 2. The fourth-order valence-corrected chi connectivity index (χ4v) is 1.87. The maximum absolute atomic E-state index is 12.1. The van der Waals surface area contributed by atoms with Crippen LogP contribution in [0.5, 0.6) is 0 Å². The summed E-state index contributed by atoms with van der Waals surface area (Å²) in [5, 5.41) is 6.14. The highest BCUT2D eigenvalue weighted by molar-refractivity contribution is 6.04. The minimum atomic E-state index is -0.0923. The van der Waals surface area contributed by atoms with Crippen LogP contribution < -0.4 is 10.6 Å². The van der Waals surface area contributed by atoms with E-state index in [0.717, 1.165) is 23.5 Å². The molecule has 2 rings (SSSR count). The van der Waals surface area contributed by atoms with Crippen molar-refractivity contribution in [2.45, 2.75) is 13.8 Å². The number of nitrogens with one attached hydrogen (secondary N) is 2. The van der Waals surface area contributed by atoms with E-state index in [9.17, 15) is 4.79 Å². The average Bonchev–Trinajstić information content (AvgIpc) is 2.42. The lowest BCUT2D eigenvalue weighted by atomic mass is 10.1. The SMILES string of the molecule is CCNc1cc(C(=O)Nc2ccccc2)ccc1C. The second-order valence-corrected chi connectivity index (χ2v) is 4.38. The zero-order chi connectivity index (χ0) is 13.7. The van der Waals surface area contributed by atoms with Gasteiger partial charge in [0.25, 0.3) is 5.91 Å². The van der Waals surface area contributed by atoms with Gasteiger partial charge in [0.15, 0.2) is 0 Å². The summed E-state index contributed by atoms with van der Waals surface area (Å²) in [7, 11) is 0. The Bertz CT molecular complexity index is 564. The van der Waals surface area contributed by atoms with Crippen molar-refractivity contribution in [2.24, 2.45) is 0 Å². The van der Waals surface area contributed by atoms with Crippen LogP contribution in [-0.4, -0.2) is 12.5 Å². The van der Waals surface area contributed by atoms with Crippen molar-refractivity contribution in [1.29, 1.82) is 0 Å². The molecule has 0 radical (unpaired) electrons. The Hall–Kier alpha value is -2.29. The molecule has 0 spiro atoms. The average molecular weight is 254 g/mol. The molecule has 0 saturated heterocycles. The number of benzene rings is 2. The highest BCUT2D eigenvalue weighted by Crippen LogP contribution is 2.18. The van der Waals surface area contributed by atoms with E-state index in [1.807, 2.05) is 62.4 Å². The van der Waals surface area contributed by atoms with Gasteiger partial charge in [-0.15, -0.1) is 0 Å². The monoisotopic (exact) mass is 254 g/mol. The smallest absolute Gasteiger partial charge is 0.255 e. The van der Waals surface area contributed by atoms with Crippen molar-refractivity contribution >= 4 is 17.3 Å². The molecule has 0 atom stereocenters. The lowest BCUT2D eigenvalue weighted by molar-refractivity contribution is 0.102. The molecule has 0 unspecified atom stereocenters. The number of hydrogen-bond acceptors (Lipinski definition) is 2. The van der Waals surface area contributed by atoms with E-state index >= 15 is 0 Å². The number of rotatable bonds is 4. The summed E-state index contributed by atoms with van der Waals surface area (Å²) < 4.78 is 0. The molecule has 0 aromatic heterocycles. The summed E-state index contributed by atoms with van der Waals surface area (Å²) in [5.74, 6) is -0.0923. The summed E-state index contributed by atoms with van der Waals surface area (Å²) in [5.41, 5.74) is 3.60. The van der Waals surface area contributed by atoms with E-state index in [4.69, 9.17) is 0 Å².